The van der Waals surface area contributed by atoms with Crippen molar-refractivity contribution in [3.8, 4) is 11.5 Å². The van der Waals surface area contributed by atoms with Gasteiger partial charge in [-0.2, -0.15) is 0 Å². The molecule has 0 fully saturated rings. The quantitative estimate of drug-likeness (QED) is 0.595. The van der Waals surface area contributed by atoms with Gasteiger partial charge in [0.1, 0.15) is 11.4 Å². The second-order valence-corrected chi connectivity index (χ2v) is 6.58. The van der Waals surface area contributed by atoms with E-state index in [1.54, 1.807) is 20.8 Å². The lowest BCUT2D eigenvalue weighted by Crippen LogP contribution is -2.27. The van der Waals surface area contributed by atoms with Crippen molar-refractivity contribution in [3.63, 3.8) is 0 Å². The van der Waals surface area contributed by atoms with Crippen LogP contribution in [-0.2, 0) is 4.74 Å². The highest BCUT2D eigenvalue weighted by Crippen LogP contribution is 2.36. The number of ether oxygens (including phenoxy) is 2. The van der Waals surface area contributed by atoms with Gasteiger partial charge < -0.3 is 15.2 Å². The summed E-state index contributed by atoms with van der Waals surface area (Å²) < 4.78 is 10.6. The van der Waals surface area contributed by atoms with E-state index in [-0.39, 0.29) is 22.3 Å². The van der Waals surface area contributed by atoms with Crippen LogP contribution >= 0.6 is 11.6 Å². The molecule has 3 N–H and O–H groups in total. The van der Waals surface area contributed by atoms with Gasteiger partial charge in [0, 0.05) is 18.3 Å². The summed E-state index contributed by atoms with van der Waals surface area (Å²) in [6, 6.07) is 5.68. The first-order valence-corrected chi connectivity index (χ1v) is 7.81. The molecular formula is C16H17ClN4O5. The van der Waals surface area contributed by atoms with Crippen LogP contribution in [0.2, 0.25) is 5.02 Å². The van der Waals surface area contributed by atoms with E-state index in [0.29, 0.717) is 5.69 Å². The van der Waals surface area contributed by atoms with Crippen molar-refractivity contribution < 1.29 is 19.2 Å². The number of hydrogen-bond acceptors (Lipinski definition) is 7. The van der Waals surface area contributed by atoms with Gasteiger partial charge in [0.15, 0.2) is 0 Å². The highest BCUT2D eigenvalue weighted by atomic mass is 35.5. The molecule has 1 aromatic heterocycles. The van der Waals surface area contributed by atoms with Crippen LogP contribution in [0.3, 0.4) is 0 Å². The highest BCUT2D eigenvalue weighted by molar-refractivity contribution is 6.33. The molecule has 0 bridgehead atoms. The third kappa shape index (κ3) is 4.96. The monoisotopic (exact) mass is 380 g/mol. The van der Waals surface area contributed by atoms with Crippen LogP contribution in [0.25, 0.3) is 0 Å². The maximum absolute atomic E-state index is 11.8. The van der Waals surface area contributed by atoms with Crippen LogP contribution in [0.5, 0.6) is 11.5 Å². The number of nitro groups is 1. The first-order valence-electron chi connectivity index (χ1n) is 7.43. The Morgan fingerprint density at radius 2 is 2.04 bits per heavy atom. The lowest BCUT2D eigenvalue weighted by atomic mass is 10.2. The van der Waals surface area contributed by atoms with Crippen LogP contribution in [0.1, 0.15) is 20.8 Å². The predicted octanol–water partition coefficient (Wildman–Crippen LogP) is 4.36. The maximum atomic E-state index is 11.8. The molecule has 0 aliphatic heterocycles. The molecule has 2 aromatic rings. The lowest BCUT2D eigenvalue weighted by Gasteiger charge is -2.20. The van der Waals surface area contributed by atoms with Gasteiger partial charge in [-0.1, -0.05) is 11.6 Å². The molecule has 0 saturated carbocycles. The molecule has 10 heteroatoms. The van der Waals surface area contributed by atoms with Gasteiger partial charge in [-0.15, -0.1) is 0 Å². The third-order valence-electron chi connectivity index (χ3n) is 2.90. The zero-order valence-electron chi connectivity index (χ0n) is 14.3. The molecule has 0 saturated heterocycles. The Morgan fingerprint density at radius 3 is 2.62 bits per heavy atom. The molecule has 0 atom stereocenters. The van der Waals surface area contributed by atoms with Crippen molar-refractivity contribution in [1.29, 1.82) is 0 Å². The zero-order chi connectivity index (χ0) is 19.5. The van der Waals surface area contributed by atoms with Crippen molar-refractivity contribution in [3.05, 3.63) is 45.6 Å². The number of carbonyl (C=O) groups is 1. The number of nitrogens with zero attached hydrogens (tertiary/aromatic N) is 2. The van der Waals surface area contributed by atoms with E-state index < -0.39 is 22.3 Å². The Hall–Kier alpha value is -3.07. The number of nitrogens with two attached hydrogens (primary N) is 1. The smallest absolute Gasteiger partial charge is 0.412 e. The number of hydrogen-bond donors (Lipinski definition) is 2. The average molecular weight is 381 g/mol. The second-order valence-electron chi connectivity index (χ2n) is 6.17. The van der Waals surface area contributed by atoms with Crippen LogP contribution in [0.15, 0.2) is 30.5 Å². The summed E-state index contributed by atoms with van der Waals surface area (Å²) in [4.78, 5) is 25.9. The van der Waals surface area contributed by atoms with Crippen molar-refractivity contribution >= 4 is 34.9 Å². The molecule has 0 aliphatic carbocycles. The molecule has 0 unspecified atom stereocenters. The molecule has 0 radical (unpaired) electrons. The van der Waals surface area contributed by atoms with E-state index in [4.69, 9.17) is 26.8 Å². The van der Waals surface area contributed by atoms with E-state index >= 15 is 0 Å². The number of aromatic nitrogens is 1. The molecule has 26 heavy (non-hydrogen) atoms. The Labute approximate surface area is 154 Å². The first kappa shape index (κ1) is 19.3. The Bertz CT molecular complexity index is 851. The predicted molar refractivity (Wildman–Crippen MR) is 96.7 cm³/mol. The van der Waals surface area contributed by atoms with Gasteiger partial charge in [-0.3, -0.25) is 15.4 Å². The highest BCUT2D eigenvalue weighted by Gasteiger charge is 2.22. The van der Waals surface area contributed by atoms with E-state index in [1.807, 2.05) is 0 Å². The van der Waals surface area contributed by atoms with Gasteiger partial charge in [0.2, 0.25) is 11.6 Å². The number of amides is 1. The lowest BCUT2D eigenvalue weighted by molar-refractivity contribution is -0.384. The topological polar surface area (TPSA) is 130 Å². The van der Waals surface area contributed by atoms with Gasteiger partial charge in [0.25, 0.3) is 0 Å². The van der Waals surface area contributed by atoms with Gasteiger partial charge >= 0.3 is 11.8 Å². The third-order valence-corrected chi connectivity index (χ3v) is 3.21. The van der Waals surface area contributed by atoms with Crippen LogP contribution in [-0.4, -0.2) is 21.6 Å². The molecular weight excluding hydrogens is 364 g/mol. The Kier molecular flexibility index (Phi) is 5.51. The number of carbonyl (C=O) groups excluding carboxylic acids is 1. The number of nitrogen functional groups attached to an aromatic ring is 1. The largest absolute Gasteiger partial charge is 0.450 e. The minimum Gasteiger partial charge on any atom is -0.450 e. The number of pyridine rings is 1. The summed E-state index contributed by atoms with van der Waals surface area (Å²) in [5.74, 6) is -0.119. The standard InChI is InChI=1S/C16H17ClN4O5/c1-16(2,3)26-15(22)20-11-5-4-9(8-10(11)17)25-12-6-7-19-14(18)13(12)21(23)24/h4-8H,1-3H3,(H2,18,19)(H,20,22). The molecule has 0 spiro atoms. The zero-order valence-corrected chi connectivity index (χ0v) is 15.0. The summed E-state index contributed by atoms with van der Waals surface area (Å²) in [6.07, 6.45) is 0.628. The number of halogens is 1. The minimum atomic E-state index is -0.683. The van der Waals surface area contributed by atoms with Crippen LogP contribution < -0.4 is 15.8 Å². The normalized spacial score (nSPS) is 10.9. The molecule has 9 nitrogen and oxygen atoms in total. The molecule has 0 aliphatic rings. The number of nitrogens with one attached hydrogen (secondary N) is 1. The minimum absolute atomic E-state index is 0.0774. The first-order chi connectivity index (χ1) is 12.1. The average Bonchev–Trinajstić information content (AvgIpc) is 2.48. The summed E-state index contributed by atoms with van der Waals surface area (Å²) in [6.45, 7) is 5.20. The van der Waals surface area contributed by atoms with Gasteiger partial charge in [-0.25, -0.2) is 9.78 Å². The van der Waals surface area contributed by atoms with E-state index in [2.05, 4.69) is 10.3 Å². The number of rotatable bonds is 4. The van der Waals surface area contributed by atoms with Gasteiger partial charge in [0.05, 0.1) is 15.6 Å². The summed E-state index contributed by atoms with van der Waals surface area (Å²) >= 11 is 6.12. The SMILES string of the molecule is CC(C)(C)OC(=O)Nc1ccc(Oc2ccnc(N)c2[N+](=O)[O-])cc1Cl. The van der Waals surface area contributed by atoms with Crippen molar-refractivity contribution in [2.45, 2.75) is 26.4 Å². The molecule has 1 aromatic carbocycles. The number of anilines is 2. The molecule has 2 rings (SSSR count). The Morgan fingerprint density at radius 1 is 1.35 bits per heavy atom. The van der Waals surface area contributed by atoms with E-state index in [9.17, 15) is 14.9 Å². The van der Waals surface area contributed by atoms with Crippen LogP contribution in [0.4, 0.5) is 22.0 Å². The van der Waals surface area contributed by atoms with Crippen LogP contribution in [0, 0.1) is 10.1 Å². The number of benzene rings is 1. The second kappa shape index (κ2) is 7.44. The fourth-order valence-electron chi connectivity index (χ4n) is 1.92. The molecule has 1 heterocycles. The summed E-state index contributed by atoms with van der Waals surface area (Å²) in [5, 5.41) is 13.8. The maximum Gasteiger partial charge on any atom is 0.412 e. The van der Waals surface area contributed by atoms with Crippen molar-refractivity contribution in [2.75, 3.05) is 11.1 Å². The summed E-state index contributed by atoms with van der Waals surface area (Å²) in [5.41, 5.74) is 4.72. The van der Waals surface area contributed by atoms with E-state index in [1.165, 1.54) is 30.5 Å². The van der Waals surface area contributed by atoms with Gasteiger partial charge in [-0.05, 0) is 32.9 Å². The fourth-order valence-corrected chi connectivity index (χ4v) is 2.14. The summed E-state index contributed by atoms with van der Waals surface area (Å²) in [7, 11) is 0. The fraction of sp³-hybridized carbons (Fsp3) is 0.250. The van der Waals surface area contributed by atoms with Crippen molar-refractivity contribution in [2.24, 2.45) is 0 Å². The van der Waals surface area contributed by atoms with Crippen molar-refractivity contribution in [1.82, 2.24) is 4.98 Å². The molecule has 1 amide bonds. The Balaban J connectivity index is 2.20. The van der Waals surface area contributed by atoms with E-state index in [0.717, 1.165) is 0 Å². The molecule has 138 valence electrons.